The van der Waals surface area contributed by atoms with Gasteiger partial charge in [0, 0.05) is 31.5 Å². The zero-order valence-electron chi connectivity index (χ0n) is 17.5. The molecule has 0 spiro atoms. The number of carbonyl (C=O) groups is 1. The van der Waals surface area contributed by atoms with Gasteiger partial charge in [0.25, 0.3) is 0 Å². The largest absolute Gasteiger partial charge is 0.491 e. The van der Waals surface area contributed by atoms with Crippen molar-refractivity contribution in [2.75, 3.05) is 37.0 Å². The fraction of sp³-hybridized carbons (Fsp3) is 0.571. The molecule has 5 nitrogen and oxygen atoms in total. The second kappa shape index (κ2) is 8.62. The number of rotatable bonds is 5. The third-order valence-corrected chi connectivity index (χ3v) is 6.48. The number of carbonyl (C=O) groups excluding carboxylic acids is 1. The molecule has 1 aromatic carbocycles. The fourth-order valence-electron chi connectivity index (χ4n) is 3.20. The molecule has 0 bridgehead atoms. The van der Waals surface area contributed by atoms with Gasteiger partial charge in [-0.25, -0.2) is 0 Å². The Morgan fingerprint density at radius 1 is 1.18 bits per heavy atom. The van der Waals surface area contributed by atoms with Crippen molar-refractivity contribution < 1.29 is 18.8 Å². The number of ether oxygens (including phenoxy) is 1. The molecule has 0 amide bonds. The Bertz CT molecular complexity index is 728. The van der Waals surface area contributed by atoms with E-state index in [9.17, 15) is 4.79 Å². The molecule has 1 aromatic rings. The van der Waals surface area contributed by atoms with Gasteiger partial charge in [-0.1, -0.05) is 30.0 Å². The van der Waals surface area contributed by atoms with E-state index in [4.69, 9.17) is 14.0 Å². The zero-order chi connectivity index (χ0) is 20.4. The van der Waals surface area contributed by atoms with E-state index in [0.29, 0.717) is 5.75 Å². The van der Waals surface area contributed by atoms with Gasteiger partial charge in [-0.2, -0.15) is 0 Å². The topological polar surface area (TPSA) is 48.0 Å². The second-order valence-corrected chi connectivity index (χ2v) is 9.43. The van der Waals surface area contributed by atoms with Crippen molar-refractivity contribution >= 4 is 35.8 Å². The van der Waals surface area contributed by atoms with Crippen molar-refractivity contribution in [1.29, 1.82) is 0 Å². The molecule has 0 aromatic heterocycles. The minimum atomic E-state index is -0.455. The normalized spacial score (nSPS) is 21.8. The minimum absolute atomic E-state index is 0.0875. The molecule has 0 unspecified atom stereocenters. The zero-order valence-corrected chi connectivity index (χ0v) is 18.3. The lowest BCUT2D eigenvalue weighted by atomic mass is 9.78. The molecule has 0 radical (unpaired) electrons. The number of morpholine rings is 1. The van der Waals surface area contributed by atoms with Crippen LogP contribution < -0.4 is 4.90 Å². The van der Waals surface area contributed by atoms with E-state index in [2.05, 4.69) is 35.2 Å². The van der Waals surface area contributed by atoms with E-state index >= 15 is 0 Å². The smallest absolute Gasteiger partial charge is 0.400 e. The van der Waals surface area contributed by atoms with Gasteiger partial charge in [0.15, 0.2) is 5.12 Å². The van der Waals surface area contributed by atoms with Crippen LogP contribution in [0.1, 0.15) is 40.2 Å². The predicted molar refractivity (Wildman–Crippen MR) is 117 cm³/mol. The second-order valence-electron chi connectivity index (χ2n) is 8.28. The highest BCUT2D eigenvalue weighted by Crippen LogP contribution is 2.39. The first kappa shape index (κ1) is 21.4. The van der Waals surface area contributed by atoms with Crippen LogP contribution in [0, 0.1) is 0 Å². The monoisotopic (exact) mass is 403 g/mol. The van der Waals surface area contributed by atoms with Gasteiger partial charge in [-0.15, -0.1) is 0 Å². The van der Waals surface area contributed by atoms with E-state index in [0.717, 1.165) is 37.3 Å². The summed E-state index contributed by atoms with van der Waals surface area (Å²) in [5.41, 5.74) is 2.42. The first-order valence-corrected chi connectivity index (χ1v) is 10.8. The third-order valence-electron chi connectivity index (χ3n) is 5.60. The Morgan fingerprint density at radius 3 is 2.43 bits per heavy atom. The van der Waals surface area contributed by atoms with Crippen LogP contribution in [0.2, 0.25) is 0 Å². The van der Waals surface area contributed by atoms with Gasteiger partial charge >= 0.3 is 7.12 Å². The Balaban J connectivity index is 1.86. The van der Waals surface area contributed by atoms with Crippen LogP contribution in [0.4, 0.5) is 5.69 Å². The molecular formula is C21H30BNO4S. The molecule has 0 atom stereocenters. The van der Waals surface area contributed by atoms with Crippen molar-refractivity contribution in [2.24, 2.45) is 0 Å². The molecule has 7 heteroatoms. The van der Waals surface area contributed by atoms with E-state index in [1.54, 1.807) is 6.92 Å². The molecule has 2 aliphatic rings. The first-order chi connectivity index (χ1) is 13.2. The van der Waals surface area contributed by atoms with E-state index < -0.39 is 18.3 Å². The number of hydrogen-bond acceptors (Lipinski definition) is 6. The number of hydrogen-bond donors (Lipinski definition) is 0. The highest BCUT2D eigenvalue weighted by Gasteiger charge is 2.52. The fourth-order valence-corrected chi connectivity index (χ4v) is 3.79. The summed E-state index contributed by atoms with van der Waals surface area (Å²) in [6, 6.07) is 8.45. The quantitative estimate of drug-likeness (QED) is 0.697. The summed E-state index contributed by atoms with van der Waals surface area (Å²) >= 11 is 1.28. The van der Waals surface area contributed by atoms with E-state index in [1.807, 2.05) is 27.7 Å². The molecular weight excluding hydrogens is 373 g/mol. The summed E-state index contributed by atoms with van der Waals surface area (Å²) in [5, 5.41) is 0.0875. The van der Waals surface area contributed by atoms with Crippen LogP contribution in [-0.2, 0) is 18.8 Å². The molecule has 2 heterocycles. The Kier molecular flexibility index (Phi) is 6.59. The van der Waals surface area contributed by atoms with Gasteiger partial charge in [0.1, 0.15) is 0 Å². The lowest BCUT2D eigenvalue weighted by Gasteiger charge is -2.32. The SMILES string of the molecule is CC(=O)SCC(=Cc1cccc(N2CCOCC2)c1)B1OC(C)(C)C(C)(C)O1. The molecule has 0 aliphatic carbocycles. The minimum Gasteiger partial charge on any atom is -0.400 e. The molecule has 3 rings (SSSR count). The summed E-state index contributed by atoms with van der Waals surface area (Å²) in [7, 11) is -0.455. The molecule has 2 fully saturated rings. The predicted octanol–water partition coefficient (Wildman–Crippen LogP) is 3.82. The number of anilines is 1. The summed E-state index contributed by atoms with van der Waals surface area (Å²) < 4.78 is 17.9. The van der Waals surface area contributed by atoms with Gasteiger partial charge in [0.05, 0.1) is 24.4 Å². The summed E-state index contributed by atoms with van der Waals surface area (Å²) in [5.74, 6) is 0.550. The van der Waals surface area contributed by atoms with Crippen LogP contribution in [-0.4, -0.2) is 55.5 Å². The molecule has 0 N–H and O–H groups in total. The Morgan fingerprint density at radius 2 is 1.82 bits per heavy atom. The lowest BCUT2D eigenvalue weighted by Crippen LogP contribution is -2.41. The Labute approximate surface area is 172 Å². The first-order valence-electron chi connectivity index (χ1n) is 9.80. The van der Waals surface area contributed by atoms with Crippen LogP contribution >= 0.6 is 11.8 Å². The van der Waals surface area contributed by atoms with Crippen LogP contribution in [0.15, 0.2) is 29.7 Å². The molecule has 152 valence electrons. The highest BCUT2D eigenvalue weighted by molar-refractivity contribution is 8.13. The van der Waals surface area contributed by atoms with Crippen molar-refractivity contribution in [3.8, 4) is 0 Å². The standard InChI is InChI=1S/C21H30BNO4S/c1-16(24)28-15-18(22-26-20(2,3)21(4,5)27-22)13-17-7-6-8-19(14-17)23-9-11-25-12-10-23/h6-8,13-14H,9-12,15H2,1-5H3. The highest BCUT2D eigenvalue weighted by atomic mass is 32.2. The average molecular weight is 403 g/mol. The average Bonchev–Trinajstić information content (AvgIpc) is 2.87. The van der Waals surface area contributed by atoms with Crippen molar-refractivity contribution in [3.63, 3.8) is 0 Å². The van der Waals surface area contributed by atoms with Crippen LogP contribution in [0.5, 0.6) is 0 Å². The van der Waals surface area contributed by atoms with Crippen molar-refractivity contribution in [3.05, 3.63) is 35.3 Å². The van der Waals surface area contributed by atoms with Gasteiger partial charge in [-0.05, 0) is 50.9 Å². The molecule has 2 aliphatic heterocycles. The number of thioether (sulfide) groups is 1. The van der Waals surface area contributed by atoms with Crippen LogP contribution in [0.3, 0.4) is 0 Å². The molecule has 0 saturated carbocycles. The summed E-state index contributed by atoms with van der Waals surface area (Å²) in [4.78, 5) is 13.9. The van der Waals surface area contributed by atoms with Gasteiger partial charge in [0.2, 0.25) is 0 Å². The number of nitrogens with zero attached hydrogens (tertiary/aromatic N) is 1. The maximum absolute atomic E-state index is 11.6. The molecule has 2 saturated heterocycles. The van der Waals surface area contributed by atoms with Gasteiger partial charge in [-0.3, -0.25) is 4.79 Å². The lowest BCUT2D eigenvalue weighted by molar-refractivity contribution is -0.109. The Hall–Kier alpha value is -1.28. The van der Waals surface area contributed by atoms with Crippen molar-refractivity contribution in [1.82, 2.24) is 0 Å². The molecule has 28 heavy (non-hydrogen) atoms. The van der Waals surface area contributed by atoms with Crippen LogP contribution in [0.25, 0.3) is 6.08 Å². The number of benzene rings is 1. The van der Waals surface area contributed by atoms with Crippen molar-refractivity contribution in [2.45, 2.75) is 45.8 Å². The van der Waals surface area contributed by atoms with E-state index in [1.165, 1.54) is 17.4 Å². The van der Waals surface area contributed by atoms with Gasteiger partial charge < -0.3 is 18.9 Å². The maximum atomic E-state index is 11.6. The summed E-state index contributed by atoms with van der Waals surface area (Å²) in [6.07, 6.45) is 2.10. The maximum Gasteiger partial charge on any atom is 0.491 e. The van der Waals surface area contributed by atoms with E-state index in [-0.39, 0.29) is 5.12 Å². The third kappa shape index (κ3) is 5.01. The summed E-state index contributed by atoms with van der Waals surface area (Å²) in [6.45, 7) is 13.1.